The fraction of sp³-hybridized carbons (Fsp3) is 0.571. The zero-order valence-electron chi connectivity index (χ0n) is 10.5. The summed E-state index contributed by atoms with van der Waals surface area (Å²) in [5, 5.41) is 0. The van der Waals surface area contributed by atoms with E-state index in [1.165, 1.54) is 36.9 Å². The topological polar surface area (TPSA) is 12.5 Å². The van der Waals surface area contributed by atoms with Crippen molar-refractivity contribution in [2.45, 2.75) is 32.2 Å². The molecule has 1 heterocycles. The van der Waals surface area contributed by atoms with Gasteiger partial charge in [0.1, 0.15) is 5.75 Å². The van der Waals surface area contributed by atoms with E-state index >= 15 is 0 Å². The fourth-order valence-electron chi connectivity index (χ4n) is 2.62. The van der Waals surface area contributed by atoms with Gasteiger partial charge in [0.15, 0.2) is 0 Å². The number of benzene rings is 1. The van der Waals surface area contributed by atoms with Crippen LogP contribution >= 0.6 is 0 Å². The smallest absolute Gasteiger partial charge is 0.119 e. The quantitative estimate of drug-likeness (QED) is 0.757. The van der Waals surface area contributed by atoms with Crippen molar-refractivity contribution in [2.75, 3.05) is 20.7 Å². The maximum Gasteiger partial charge on any atom is 0.119 e. The minimum Gasteiger partial charge on any atom is -0.497 e. The van der Waals surface area contributed by atoms with E-state index < -0.39 is 0 Å². The van der Waals surface area contributed by atoms with Gasteiger partial charge in [-0.3, -0.25) is 4.90 Å². The Kier molecular flexibility index (Phi) is 3.49. The summed E-state index contributed by atoms with van der Waals surface area (Å²) < 4.78 is 5.25. The Labute approximate surface area is 98.2 Å². The molecule has 1 aliphatic rings. The van der Waals surface area contributed by atoms with E-state index in [0.717, 1.165) is 5.75 Å². The van der Waals surface area contributed by atoms with E-state index in [4.69, 9.17) is 4.74 Å². The van der Waals surface area contributed by atoms with Crippen LogP contribution in [-0.4, -0.2) is 25.6 Å². The van der Waals surface area contributed by atoms with Crippen LogP contribution in [0.2, 0.25) is 0 Å². The zero-order chi connectivity index (χ0) is 11.5. The number of nitrogens with zero attached hydrogens (tertiary/aromatic N) is 1. The van der Waals surface area contributed by atoms with Gasteiger partial charge in [-0.1, -0.05) is 12.5 Å². The van der Waals surface area contributed by atoms with Crippen molar-refractivity contribution < 1.29 is 4.74 Å². The lowest BCUT2D eigenvalue weighted by Gasteiger charge is -2.33. The molecule has 2 nitrogen and oxygen atoms in total. The number of methoxy groups -OCH3 is 1. The third-order valence-electron chi connectivity index (χ3n) is 3.61. The normalized spacial score (nSPS) is 22.1. The fourth-order valence-corrected chi connectivity index (χ4v) is 2.62. The van der Waals surface area contributed by atoms with Gasteiger partial charge >= 0.3 is 0 Å². The molecule has 88 valence electrons. The second-order valence-corrected chi connectivity index (χ2v) is 4.71. The predicted octanol–water partition coefficient (Wildman–Crippen LogP) is 3.16. The van der Waals surface area contributed by atoms with Crippen LogP contribution in [-0.2, 0) is 0 Å². The van der Waals surface area contributed by atoms with Crippen molar-refractivity contribution in [1.29, 1.82) is 0 Å². The van der Waals surface area contributed by atoms with Gasteiger partial charge in [-0.25, -0.2) is 0 Å². The molecule has 2 heteroatoms. The Balaban J connectivity index is 2.25. The van der Waals surface area contributed by atoms with Gasteiger partial charge in [-0.2, -0.15) is 0 Å². The summed E-state index contributed by atoms with van der Waals surface area (Å²) in [5.41, 5.74) is 2.81. The molecule has 0 N–H and O–H groups in total. The van der Waals surface area contributed by atoms with Gasteiger partial charge < -0.3 is 4.74 Å². The molecular weight excluding hydrogens is 198 g/mol. The third-order valence-corrected chi connectivity index (χ3v) is 3.61. The average molecular weight is 219 g/mol. The molecule has 0 spiro atoms. The maximum absolute atomic E-state index is 5.25. The van der Waals surface area contributed by atoms with Gasteiger partial charge in [-0.15, -0.1) is 0 Å². The van der Waals surface area contributed by atoms with Crippen LogP contribution in [0.4, 0.5) is 0 Å². The van der Waals surface area contributed by atoms with Crippen molar-refractivity contribution in [3.05, 3.63) is 29.3 Å². The molecule has 1 atom stereocenters. The number of hydrogen-bond acceptors (Lipinski definition) is 2. The summed E-state index contributed by atoms with van der Waals surface area (Å²) in [5.74, 6) is 0.958. The Bertz CT molecular complexity index is 362. The van der Waals surface area contributed by atoms with Crippen molar-refractivity contribution >= 4 is 0 Å². The monoisotopic (exact) mass is 219 g/mol. The van der Waals surface area contributed by atoms with E-state index in [-0.39, 0.29) is 0 Å². The Hall–Kier alpha value is -1.02. The van der Waals surface area contributed by atoms with Crippen molar-refractivity contribution in [3.63, 3.8) is 0 Å². The molecule has 1 fully saturated rings. The highest BCUT2D eigenvalue weighted by Gasteiger charge is 2.21. The first-order valence-electron chi connectivity index (χ1n) is 6.07. The summed E-state index contributed by atoms with van der Waals surface area (Å²) in [6, 6.07) is 7.03. The van der Waals surface area contributed by atoms with Crippen molar-refractivity contribution in [1.82, 2.24) is 4.90 Å². The first-order valence-corrected chi connectivity index (χ1v) is 6.07. The Morgan fingerprint density at radius 3 is 2.75 bits per heavy atom. The van der Waals surface area contributed by atoms with E-state index in [9.17, 15) is 0 Å². The van der Waals surface area contributed by atoms with Crippen LogP contribution in [0, 0.1) is 6.92 Å². The summed E-state index contributed by atoms with van der Waals surface area (Å²) >= 11 is 0. The number of hydrogen-bond donors (Lipinski definition) is 0. The lowest BCUT2D eigenvalue weighted by molar-refractivity contribution is 0.187. The third kappa shape index (κ3) is 2.22. The zero-order valence-corrected chi connectivity index (χ0v) is 10.5. The average Bonchev–Trinajstić information content (AvgIpc) is 2.30. The van der Waals surface area contributed by atoms with E-state index in [1.54, 1.807) is 7.11 Å². The molecule has 1 unspecified atom stereocenters. The molecule has 1 saturated heterocycles. The number of aryl methyl sites for hydroxylation is 1. The molecule has 1 aromatic carbocycles. The largest absolute Gasteiger partial charge is 0.497 e. The van der Waals surface area contributed by atoms with E-state index in [0.29, 0.717) is 6.04 Å². The molecule has 1 aromatic rings. The van der Waals surface area contributed by atoms with Crippen LogP contribution in [0.3, 0.4) is 0 Å². The molecule has 0 aromatic heterocycles. The highest BCUT2D eigenvalue weighted by molar-refractivity contribution is 5.36. The lowest BCUT2D eigenvalue weighted by Crippen LogP contribution is -2.30. The number of rotatable bonds is 2. The minimum absolute atomic E-state index is 0.597. The predicted molar refractivity (Wildman–Crippen MR) is 67.0 cm³/mol. The summed E-state index contributed by atoms with van der Waals surface area (Å²) in [6.45, 7) is 3.40. The number of piperidine rings is 1. The van der Waals surface area contributed by atoms with Crippen LogP contribution in [0.25, 0.3) is 0 Å². The molecular formula is C14H21NO. The molecule has 0 radical (unpaired) electrons. The Morgan fingerprint density at radius 1 is 1.31 bits per heavy atom. The summed E-state index contributed by atoms with van der Waals surface area (Å²) in [6.07, 6.45) is 3.96. The molecule has 0 bridgehead atoms. The summed E-state index contributed by atoms with van der Waals surface area (Å²) in [4.78, 5) is 2.47. The van der Waals surface area contributed by atoms with Gasteiger partial charge in [0, 0.05) is 6.04 Å². The highest BCUT2D eigenvalue weighted by atomic mass is 16.5. The molecule has 0 saturated carbocycles. The van der Waals surface area contributed by atoms with Crippen LogP contribution in [0.1, 0.15) is 36.4 Å². The van der Waals surface area contributed by atoms with Gasteiger partial charge in [0.25, 0.3) is 0 Å². The lowest BCUT2D eigenvalue weighted by atomic mass is 9.93. The minimum atomic E-state index is 0.597. The van der Waals surface area contributed by atoms with Crippen LogP contribution in [0.5, 0.6) is 5.75 Å². The molecule has 0 amide bonds. The molecule has 1 aliphatic heterocycles. The second kappa shape index (κ2) is 4.88. The second-order valence-electron chi connectivity index (χ2n) is 4.71. The van der Waals surface area contributed by atoms with Crippen LogP contribution in [0.15, 0.2) is 18.2 Å². The first-order chi connectivity index (χ1) is 7.72. The van der Waals surface area contributed by atoms with Gasteiger partial charge in [-0.05, 0) is 56.6 Å². The van der Waals surface area contributed by atoms with E-state index in [1.807, 2.05) is 0 Å². The summed E-state index contributed by atoms with van der Waals surface area (Å²) in [7, 11) is 3.95. The first kappa shape index (κ1) is 11.5. The Morgan fingerprint density at radius 2 is 2.12 bits per heavy atom. The standard InChI is InChI=1S/C14H21NO/c1-11-10-12(16-3)7-8-13(11)14-6-4-5-9-15(14)2/h7-8,10,14H,4-6,9H2,1-3H3. The molecule has 16 heavy (non-hydrogen) atoms. The van der Waals surface area contributed by atoms with Crippen molar-refractivity contribution in [3.8, 4) is 5.75 Å². The molecule has 2 rings (SSSR count). The van der Waals surface area contributed by atoms with Gasteiger partial charge in [0.05, 0.1) is 7.11 Å². The highest BCUT2D eigenvalue weighted by Crippen LogP contribution is 2.32. The van der Waals surface area contributed by atoms with Crippen molar-refractivity contribution in [2.24, 2.45) is 0 Å². The van der Waals surface area contributed by atoms with Gasteiger partial charge in [0.2, 0.25) is 0 Å². The van der Waals surface area contributed by atoms with E-state index in [2.05, 4.69) is 37.1 Å². The van der Waals surface area contributed by atoms with Crippen LogP contribution < -0.4 is 4.74 Å². The molecule has 0 aliphatic carbocycles. The number of likely N-dealkylation sites (tertiary alicyclic amines) is 1. The SMILES string of the molecule is COc1ccc(C2CCCCN2C)c(C)c1. The maximum atomic E-state index is 5.25. The number of ether oxygens (including phenoxy) is 1.